The first-order valence-corrected chi connectivity index (χ1v) is 7.27. The van der Waals surface area contributed by atoms with Crippen molar-refractivity contribution in [2.45, 2.75) is 32.2 Å². The number of carbonyl (C=O) groups excluding carboxylic acids is 1. The fraction of sp³-hybridized carbons (Fsp3) is 0.294. The van der Waals surface area contributed by atoms with Crippen LogP contribution in [-0.2, 0) is 11.2 Å². The van der Waals surface area contributed by atoms with Gasteiger partial charge in [0.05, 0.1) is 18.3 Å². The Morgan fingerprint density at radius 2 is 1.95 bits per heavy atom. The summed E-state index contributed by atoms with van der Waals surface area (Å²) in [6.07, 6.45) is 4.51. The van der Waals surface area contributed by atoms with Gasteiger partial charge in [0.15, 0.2) is 0 Å². The van der Waals surface area contributed by atoms with Gasteiger partial charge in [-0.3, -0.25) is 4.79 Å². The number of amides is 1. The molecule has 1 saturated carbocycles. The first-order valence-electron chi connectivity index (χ1n) is 7.27. The molecular weight excluding hydrogens is 262 g/mol. The van der Waals surface area contributed by atoms with Crippen LogP contribution < -0.4 is 10.6 Å². The molecule has 4 heteroatoms. The lowest BCUT2D eigenvalue weighted by Crippen LogP contribution is -2.14. The van der Waals surface area contributed by atoms with Crippen LogP contribution in [0.1, 0.15) is 24.0 Å². The van der Waals surface area contributed by atoms with Crippen molar-refractivity contribution in [2.75, 3.05) is 10.6 Å². The summed E-state index contributed by atoms with van der Waals surface area (Å²) < 4.78 is 0. The Morgan fingerprint density at radius 1 is 1.19 bits per heavy atom. The van der Waals surface area contributed by atoms with Crippen LogP contribution in [0.3, 0.4) is 0 Å². The lowest BCUT2D eigenvalue weighted by molar-refractivity contribution is -0.115. The number of hydrogen-bond acceptors (Lipinski definition) is 3. The molecule has 4 nitrogen and oxygen atoms in total. The van der Waals surface area contributed by atoms with Crippen molar-refractivity contribution in [1.82, 2.24) is 4.98 Å². The molecule has 0 unspecified atom stereocenters. The number of nitrogens with zero attached hydrogens (tertiary/aromatic N) is 1. The van der Waals surface area contributed by atoms with Crippen molar-refractivity contribution >= 4 is 17.4 Å². The predicted molar refractivity (Wildman–Crippen MR) is 84.4 cm³/mol. The molecule has 1 amide bonds. The summed E-state index contributed by atoms with van der Waals surface area (Å²) in [5, 5.41) is 6.19. The minimum absolute atomic E-state index is 0.0245. The van der Waals surface area contributed by atoms with E-state index < -0.39 is 0 Å². The maximum atomic E-state index is 12.0. The molecule has 0 bridgehead atoms. The van der Waals surface area contributed by atoms with Crippen LogP contribution in [-0.4, -0.2) is 16.9 Å². The van der Waals surface area contributed by atoms with Crippen LogP contribution in [0.15, 0.2) is 42.6 Å². The fourth-order valence-electron chi connectivity index (χ4n) is 2.09. The van der Waals surface area contributed by atoms with Gasteiger partial charge in [0.2, 0.25) is 5.91 Å². The maximum absolute atomic E-state index is 12.0. The fourth-order valence-corrected chi connectivity index (χ4v) is 2.09. The van der Waals surface area contributed by atoms with Gasteiger partial charge in [0, 0.05) is 6.04 Å². The van der Waals surface area contributed by atoms with E-state index in [0.29, 0.717) is 12.5 Å². The number of hydrogen-bond donors (Lipinski definition) is 2. The second-order valence-electron chi connectivity index (χ2n) is 5.56. The molecule has 1 aromatic carbocycles. The molecule has 1 heterocycles. The topological polar surface area (TPSA) is 54.0 Å². The number of nitrogens with one attached hydrogen (secondary N) is 2. The zero-order chi connectivity index (χ0) is 14.7. The number of pyridine rings is 1. The monoisotopic (exact) mass is 281 g/mol. The SMILES string of the molecule is Cc1ccc(CC(=O)Nc2ccc(NC3CC3)nc2)cc1. The van der Waals surface area contributed by atoms with Crippen LogP contribution in [0.2, 0.25) is 0 Å². The lowest BCUT2D eigenvalue weighted by atomic mass is 10.1. The van der Waals surface area contributed by atoms with Gasteiger partial charge in [-0.25, -0.2) is 4.98 Å². The van der Waals surface area contributed by atoms with Crippen LogP contribution >= 0.6 is 0 Å². The molecule has 108 valence electrons. The Hall–Kier alpha value is -2.36. The molecule has 1 aliphatic rings. The van der Waals surface area contributed by atoms with E-state index in [0.717, 1.165) is 17.1 Å². The van der Waals surface area contributed by atoms with Crippen LogP contribution in [0.5, 0.6) is 0 Å². The number of aromatic nitrogens is 1. The molecule has 0 radical (unpaired) electrons. The highest BCUT2D eigenvalue weighted by molar-refractivity contribution is 5.92. The molecule has 21 heavy (non-hydrogen) atoms. The quantitative estimate of drug-likeness (QED) is 0.885. The van der Waals surface area contributed by atoms with E-state index in [1.54, 1.807) is 6.20 Å². The van der Waals surface area contributed by atoms with Crippen LogP contribution in [0, 0.1) is 6.92 Å². The first-order chi connectivity index (χ1) is 10.2. The second-order valence-corrected chi connectivity index (χ2v) is 5.56. The number of anilines is 2. The van der Waals surface area contributed by atoms with E-state index in [-0.39, 0.29) is 5.91 Å². The van der Waals surface area contributed by atoms with E-state index in [1.807, 2.05) is 43.3 Å². The van der Waals surface area contributed by atoms with E-state index in [4.69, 9.17) is 0 Å². The number of carbonyl (C=O) groups is 1. The summed E-state index contributed by atoms with van der Waals surface area (Å²) in [7, 11) is 0. The highest BCUT2D eigenvalue weighted by Gasteiger charge is 2.21. The average molecular weight is 281 g/mol. The van der Waals surface area contributed by atoms with E-state index in [2.05, 4.69) is 15.6 Å². The van der Waals surface area contributed by atoms with Gasteiger partial charge in [-0.15, -0.1) is 0 Å². The average Bonchev–Trinajstić information content (AvgIpc) is 3.28. The summed E-state index contributed by atoms with van der Waals surface area (Å²) in [5.41, 5.74) is 2.94. The molecule has 3 rings (SSSR count). The molecule has 1 fully saturated rings. The number of rotatable bonds is 5. The van der Waals surface area contributed by atoms with E-state index in [9.17, 15) is 4.79 Å². The van der Waals surface area contributed by atoms with Gasteiger partial charge < -0.3 is 10.6 Å². The molecular formula is C17H19N3O. The van der Waals surface area contributed by atoms with Crippen molar-refractivity contribution in [2.24, 2.45) is 0 Å². The van der Waals surface area contributed by atoms with Crippen molar-refractivity contribution in [3.8, 4) is 0 Å². The number of aryl methyl sites for hydroxylation is 1. The largest absolute Gasteiger partial charge is 0.367 e. The summed E-state index contributed by atoms with van der Waals surface area (Å²) >= 11 is 0. The van der Waals surface area contributed by atoms with Crippen molar-refractivity contribution < 1.29 is 4.79 Å². The zero-order valence-electron chi connectivity index (χ0n) is 12.1. The summed E-state index contributed by atoms with van der Waals surface area (Å²) in [5.74, 6) is 0.845. The van der Waals surface area contributed by atoms with Crippen molar-refractivity contribution in [1.29, 1.82) is 0 Å². The Kier molecular flexibility index (Phi) is 3.86. The van der Waals surface area contributed by atoms with Gasteiger partial charge in [0.1, 0.15) is 5.82 Å². The van der Waals surface area contributed by atoms with Gasteiger partial charge in [-0.05, 0) is 37.5 Å². The normalized spacial score (nSPS) is 13.8. The van der Waals surface area contributed by atoms with Gasteiger partial charge in [0.25, 0.3) is 0 Å². The smallest absolute Gasteiger partial charge is 0.228 e. The first kappa shape index (κ1) is 13.6. The number of benzene rings is 1. The van der Waals surface area contributed by atoms with Crippen molar-refractivity contribution in [3.05, 3.63) is 53.7 Å². The molecule has 1 aromatic heterocycles. The standard InChI is InChI=1S/C17H19N3O/c1-12-2-4-13(5-3-12)10-17(21)20-15-8-9-16(18-11-15)19-14-6-7-14/h2-5,8-9,11,14H,6-7,10H2,1H3,(H,18,19)(H,20,21). The van der Waals surface area contributed by atoms with Crippen LogP contribution in [0.25, 0.3) is 0 Å². The lowest BCUT2D eigenvalue weighted by Gasteiger charge is -2.07. The minimum Gasteiger partial charge on any atom is -0.367 e. The third-order valence-corrected chi connectivity index (χ3v) is 3.46. The summed E-state index contributed by atoms with van der Waals surface area (Å²) in [4.78, 5) is 16.3. The van der Waals surface area contributed by atoms with E-state index >= 15 is 0 Å². The predicted octanol–water partition coefficient (Wildman–Crippen LogP) is 3.15. The third kappa shape index (κ3) is 4.05. The molecule has 2 N–H and O–H groups in total. The van der Waals surface area contributed by atoms with Gasteiger partial charge in [-0.2, -0.15) is 0 Å². The Labute approximate surface area is 124 Å². The molecule has 0 atom stereocenters. The molecule has 2 aromatic rings. The van der Waals surface area contributed by atoms with E-state index in [1.165, 1.54) is 18.4 Å². The van der Waals surface area contributed by atoms with Gasteiger partial charge >= 0.3 is 0 Å². The third-order valence-electron chi connectivity index (χ3n) is 3.46. The maximum Gasteiger partial charge on any atom is 0.228 e. The van der Waals surface area contributed by atoms with Crippen molar-refractivity contribution in [3.63, 3.8) is 0 Å². The molecule has 0 aliphatic heterocycles. The Morgan fingerprint density at radius 3 is 2.57 bits per heavy atom. The summed E-state index contributed by atoms with van der Waals surface area (Å²) in [6.45, 7) is 2.03. The highest BCUT2D eigenvalue weighted by Crippen LogP contribution is 2.23. The Balaban J connectivity index is 1.55. The van der Waals surface area contributed by atoms with Crippen LogP contribution in [0.4, 0.5) is 11.5 Å². The Bertz CT molecular complexity index is 615. The zero-order valence-corrected chi connectivity index (χ0v) is 12.1. The van der Waals surface area contributed by atoms with Gasteiger partial charge in [-0.1, -0.05) is 29.8 Å². The summed E-state index contributed by atoms with van der Waals surface area (Å²) in [6, 6.07) is 12.4. The molecule has 0 spiro atoms. The molecule has 0 saturated heterocycles. The molecule has 1 aliphatic carbocycles. The minimum atomic E-state index is -0.0245. The second kappa shape index (κ2) is 5.95. The highest BCUT2D eigenvalue weighted by atomic mass is 16.1.